The summed E-state index contributed by atoms with van der Waals surface area (Å²) in [6, 6.07) is 9.04. The first-order chi connectivity index (χ1) is 6.67. The topological polar surface area (TPSA) is 50.1 Å². The third kappa shape index (κ3) is 1.08. The Morgan fingerprint density at radius 3 is 2.86 bits per heavy atom. The molecule has 0 saturated carbocycles. The van der Waals surface area contributed by atoms with E-state index in [0.29, 0.717) is 11.3 Å². The molecule has 1 aliphatic rings. The van der Waals surface area contributed by atoms with E-state index < -0.39 is 5.60 Å². The van der Waals surface area contributed by atoms with Crippen molar-refractivity contribution in [1.82, 2.24) is 0 Å². The lowest BCUT2D eigenvalue weighted by Gasteiger charge is -2.17. The minimum absolute atomic E-state index is 0.0838. The summed E-state index contributed by atoms with van der Waals surface area (Å²) in [7, 11) is 0. The van der Waals surface area contributed by atoms with Crippen LogP contribution in [0.2, 0.25) is 0 Å². The van der Waals surface area contributed by atoms with Crippen LogP contribution in [0.1, 0.15) is 23.7 Å². The van der Waals surface area contributed by atoms with Gasteiger partial charge in [0.05, 0.1) is 18.1 Å². The van der Waals surface area contributed by atoms with Gasteiger partial charge in [0.2, 0.25) is 5.78 Å². The molecule has 1 atom stereocenters. The second-order valence-corrected chi connectivity index (χ2v) is 3.49. The second-order valence-electron chi connectivity index (χ2n) is 3.49. The Labute approximate surface area is 81.9 Å². The van der Waals surface area contributed by atoms with Crippen molar-refractivity contribution >= 4 is 5.78 Å². The van der Waals surface area contributed by atoms with Crippen molar-refractivity contribution in [3.63, 3.8) is 0 Å². The number of nitrogens with zero attached hydrogens (tertiary/aromatic N) is 1. The Bertz CT molecular complexity index is 433. The number of nitriles is 1. The number of para-hydroxylation sites is 1. The smallest absolute Gasteiger partial charge is 0.210 e. The highest BCUT2D eigenvalue weighted by molar-refractivity contribution is 6.07. The van der Waals surface area contributed by atoms with Crippen molar-refractivity contribution in [1.29, 1.82) is 5.26 Å². The van der Waals surface area contributed by atoms with Gasteiger partial charge in [-0.05, 0) is 19.1 Å². The number of carbonyl (C=O) groups is 1. The van der Waals surface area contributed by atoms with E-state index in [1.54, 1.807) is 25.1 Å². The predicted octanol–water partition coefficient (Wildman–Crippen LogP) is 1.93. The molecule has 0 saturated heterocycles. The quantitative estimate of drug-likeness (QED) is 0.675. The van der Waals surface area contributed by atoms with E-state index in [-0.39, 0.29) is 12.2 Å². The molecule has 3 heteroatoms. The summed E-state index contributed by atoms with van der Waals surface area (Å²) in [5, 5.41) is 8.61. The number of Topliss-reactive ketones (excluding diaryl/α,β-unsaturated/α-hetero) is 1. The maximum atomic E-state index is 11.8. The molecule has 1 aliphatic heterocycles. The van der Waals surface area contributed by atoms with Crippen LogP contribution in [0.4, 0.5) is 0 Å². The average molecular weight is 187 g/mol. The zero-order chi connectivity index (χ0) is 10.2. The van der Waals surface area contributed by atoms with Gasteiger partial charge in [0.1, 0.15) is 5.75 Å². The molecule has 2 rings (SSSR count). The molecule has 0 aliphatic carbocycles. The van der Waals surface area contributed by atoms with Crippen molar-refractivity contribution in [3.8, 4) is 11.8 Å². The fourth-order valence-electron chi connectivity index (χ4n) is 1.58. The van der Waals surface area contributed by atoms with Crippen LogP contribution in [-0.4, -0.2) is 11.4 Å². The van der Waals surface area contributed by atoms with Crippen LogP contribution in [0.3, 0.4) is 0 Å². The maximum absolute atomic E-state index is 11.8. The lowest BCUT2D eigenvalue weighted by Crippen LogP contribution is -2.35. The van der Waals surface area contributed by atoms with Crippen LogP contribution in [0.25, 0.3) is 0 Å². The Balaban J connectivity index is 2.44. The van der Waals surface area contributed by atoms with Crippen LogP contribution < -0.4 is 4.74 Å². The van der Waals surface area contributed by atoms with Gasteiger partial charge >= 0.3 is 0 Å². The summed E-state index contributed by atoms with van der Waals surface area (Å²) in [6.07, 6.45) is 0.0838. The van der Waals surface area contributed by atoms with Gasteiger partial charge in [-0.1, -0.05) is 12.1 Å². The van der Waals surface area contributed by atoms with Crippen LogP contribution in [0, 0.1) is 11.3 Å². The molecule has 0 aromatic heterocycles. The third-order valence-corrected chi connectivity index (χ3v) is 2.36. The number of hydrogen-bond donors (Lipinski definition) is 0. The van der Waals surface area contributed by atoms with Crippen LogP contribution >= 0.6 is 0 Å². The summed E-state index contributed by atoms with van der Waals surface area (Å²) in [5.74, 6) is 0.477. The molecule has 14 heavy (non-hydrogen) atoms. The zero-order valence-corrected chi connectivity index (χ0v) is 7.78. The van der Waals surface area contributed by atoms with Crippen LogP contribution in [0.15, 0.2) is 24.3 Å². The number of hydrogen-bond acceptors (Lipinski definition) is 3. The summed E-state index contributed by atoms with van der Waals surface area (Å²) >= 11 is 0. The molecule has 0 amide bonds. The van der Waals surface area contributed by atoms with Gasteiger partial charge in [-0.3, -0.25) is 4.79 Å². The Morgan fingerprint density at radius 1 is 1.50 bits per heavy atom. The minimum Gasteiger partial charge on any atom is -0.478 e. The van der Waals surface area contributed by atoms with Crippen molar-refractivity contribution in [2.45, 2.75) is 18.9 Å². The molecule has 0 fully saturated rings. The lowest BCUT2D eigenvalue weighted by molar-refractivity contribution is 0.0642. The first-order valence-corrected chi connectivity index (χ1v) is 4.37. The lowest BCUT2D eigenvalue weighted by atomic mass is 9.95. The first kappa shape index (κ1) is 8.76. The zero-order valence-electron chi connectivity index (χ0n) is 7.78. The molecular weight excluding hydrogens is 178 g/mol. The van der Waals surface area contributed by atoms with Gasteiger partial charge in [0.25, 0.3) is 0 Å². The average Bonchev–Trinajstić information content (AvgIpc) is 2.41. The molecule has 1 heterocycles. The van der Waals surface area contributed by atoms with Crippen LogP contribution in [-0.2, 0) is 0 Å². The summed E-state index contributed by atoms with van der Waals surface area (Å²) in [6.45, 7) is 1.65. The predicted molar refractivity (Wildman–Crippen MR) is 50.0 cm³/mol. The second kappa shape index (κ2) is 2.85. The van der Waals surface area contributed by atoms with Crippen molar-refractivity contribution < 1.29 is 9.53 Å². The maximum Gasteiger partial charge on any atom is 0.210 e. The molecule has 0 spiro atoms. The molecule has 0 radical (unpaired) electrons. The molecule has 1 aromatic rings. The standard InChI is InChI=1S/C11H9NO2/c1-11(6-7-12)10(13)8-4-2-3-5-9(8)14-11/h2-5H,6H2,1H3. The highest BCUT2D eigenvalue weighted by Gasteiger charge is 2.43. The minimum atomic E-state index is -0.988. The van der Waals surface area contributed by atoms with Gasteiger partial charge in [-0.2, -0.15) is 5.26 Å². The fraction of sp³-hybridized carbons (Fsp3) is 0.273. The summed E-state index contributed by atoms with van der Waals surface area (Å²) < 4.78 is 5.48. The number of carbonyl (C=O) groups excluding carboxylic acids is 1. The van der Waals surface area contributed by atoms with E-state index >= 15 is 0 Å². The van der Waals surface area contributed by atoms with Gasteiger partial charge in [-0.15, -0.1) is 0 Å². The Kier molecular flexibility index (Phi) is 1.78. The molecule has 0 bridgehead atoms. The van der Waals surface area contributed by atoms with Crippen molar-refractivity contribution in [3.05, 3.63) is 29.8 Å². The molecule has 3 nitrogen and oxygen atoms in total. The van der Waals surface area contributed by atoms with Gasteiger partial charge in [-0.25, -0.2) is 0 Å². The van der Waals surface area contributed by atoms with E-state index in [4.69, 9.17) is 10.00 Å². The van der Waals surface area contributed by atoms with E-state index in [0.717, 1.165) is 0 Å². The largest absolute Gasteiger partial charge is 0.478 e. The van der Waals surface area contributed by atoms with E-state index in [9.17, 15) is 4.79 Å². The first-order valence-electron chi connectivity index (χ1n) is 4.37. The molecule has 0 N–H and O–H groups in total. The van der Waals surface area contributed by atoms with E-state index in [1.807, 2.05) is 12.1 Å². The highest BCUT2D eigenvalue weighted by atomic mass is 16.5. The van der Waals surface area contributed by atoms with Gasteiger partial charge in [0.15, 0.2) is 5.60 Å². The monoisotopic (exact) mass is 187 g/mol. The summed E-state index contributed by atoms with van der Waals surface area (Å²) in [4.78, 5) is 11.8. The van der Waals surface area contributed by atoms with E-state index in [1.165, 1.54) is 0 Å². The van der Waals surface area contributed by atoms with Crippen molar-refractivity contribution in [2.24, 2.45) is 0 Å². The van der Waals surface area contributed by atoms with Crippen molar-refractivity contribution in [2.75, 3.05) is 0 Å². The number of benzene rings is 1. The van der Waals surface area contributed by atoms with Crippen LogP contribution in [0.5, 0.6) is 5.75 Å². The number of fused-ring (bicyclic) bond motifs is 1. The molecule has 70 valence electrons. The number of ether oxygens (including phenoxy) is 1. The number of rotatable bonds is 1. The Morgan fingerprint density at radius 2 is 2.21 bits per heavy atom. The SMILES string of the molecule is CC1(CC#N)Oc2ccccc2C1=O. The van der Waals surface area contributed by atoms with E-state index in [2.05, 4.69) is 0 Å². The molecular formula is C11H9NO2. The summed E-state index contributed by atoms with van der Waals surface area (Å²) in [5.41, 5.74) is -0.413. The fourth-order valence-corrected chi connectivity index (χ4v) is 1.58. The van der Waals surface area contributed by atoms with Gasteiger partial charge < -0.3 is 4.74 Å². The highest BCUT2D eigenvalue weighted by Crippen LogP contribution is 2.36. The molecule has 1 aromatic carbocycles. The van der Waals surface area contributed by atoms with Gasteiger partial charge in [0, 0.05) is 0 Å². The third-order valence-electron chi connectivity index (χ3n) is 2.36. The Hall–Kier alpha value is -1.82. The normalized spacial score (nSPS) is 23.9. The molecule has 1 unspecified atom stereocenters. The number of ketones is 1.